The maximum absolute atomic E-state index is 6.07. The lowest BCUT2D eigenvalue weighted by molar-refractivity contribution is 0.311. The largest absolute Gasteiger partial charge is 0.338 e. The molecule has 20 heavy (non-hydrogen) atoms. The summed E-state index contributed by atoms with van der Waals surface area (Å²) in [6, 6.07) is 7.49. The number of halogens is 1. The van der Waals surface area contributed by atoms with Crippen molar-refractivity contribution in [1.82, 2.24) is 10.1 Å². The van der Waals surface area contributed by atoms with E-state index in [1.807, 2.05) is 24.3 Å². The van der Waals surface area contributed by atoms with Crippen LogP contribution in [0, 0.1) is 5.92 Å². The number of aromatic nitrogens is 2. The molecule has 0 aliphatic heterocycles. The Bertz CT molecular complexity index is 561. The maximum atomic E-state index is 6.07. The third kappa shape index (κ3) is 3.98. The summed E-state index contributed by atoms with van der Waals surface area (Å²) in [6.07, 6.45) is 0.982. The van der Waals surface area contributed by atoms with Gasteiger partial charge >= 0.3 is 0 Å². The van der Waals surface area contributed by atoms with Gasteiger partial charge in [-0.2, -0.15) is 4.98 Å². The molecule has 0 unspecified atom stereocenters. The van der Waals surface area contributed by atoms with Gasteiger partial charge in [0, 0.05) is 9.92 Å². The topological polar surface area (TPSA) is 64.9 Å². The van der Waals surface area contributed by atoms with Gasteiger partial charge in [-0.1, -0.05) is 43.1 Å². The van der Waals surface area contributed by atoms with Crippen LogP contribution < -0.4 is 5.73 Å². The molecule has 0 spiro atoms. The second kappa shape index (κ2) is 7.11. The highest BCUT2D eigenvalue weighted by Crippen LogP contribution is 2.25. The lowest BCUT2D eigenvalue weighted by Gasteiger charge is -2.12. The van der Waals surface area contributed by atoms with E-state index in [1.54, 1.807) is 11.8 Å². The van der Waals surface area contributed by atoms with Gasteiger partial charge in [0.15, 0.2) is 5.82 Å². The molecule has 2 rings (SSSR count). The molecule has 0 aliphatic carbocycles. The van der Waals surface area contributed by atoms with Crippen molar-refractivity contribution in [3.8, 4) is 0 Å². The van der Waals surface area contributed by atoms with E-state index in [9.17, 15) is 0 Å². The third-order valence-corrected chi connectivity index (χ3v) is 4.41. The van der Waals surface area contributed by atoms with Crippen LogP contribution in [0.5, 0.6) is 0 Å². The first-order chi connectivity index (χ1) is 9.60. The SMILES string of the molecule is CC[C@H](C)[C@H](N)c1nc(CSc2cccc(Cl)c2)no1. The Labute approximate surface area is 128 Å². The quantitative estimate of drug-likeness (QED) is 0.815. The van der Waals surface area contributed by atoms with Crippen molar-refractivity contribution < 1.29 is 4.52 Å². The van der Waals surface area contributed by atoms with Crippen molar-refractivity contribution >= 4 is 23.4 Å². The number of thioether (sulfide) groups is 1. The number of benzene rings is 1. The van der Waals surface area contributed by atoms with Gasteiger partial charge in [0.05, 0.1) is 11.8 Å². The van der Waals surface area contributed by atoms with Crippen LogP contribution in [0.25, 0.3) is 0 Å². The van der Waals surface area contributed by atoms with Crippen LogP contribution in [0.4, 0.5) is 0 Å². The molecular weight excluding hydrogens is 294 g/mol. The van der Waals surface area contributed by atoms with Crippen LogP contribution in [0.2, 0.25) is 5.02 Å². The van der Waals surface area contributed by atoms with Crippen LogP contribution in [0.1, 0.15) is 38.0 Å². The van der Waals surface area contributed by atoms with Crippen LogP contribution in [0.3, 0.4) is 0 Å². The molecule has 2 N–H and O–H groups in total. The van der Waals surface area contributed by atoms with Gasteiger partial charge in [-0.3, -0.25) is 0 Å². The molecule has 0 bridgehead atoms. The zero-order chi connectivity index (χ0) is 14.5. The van der Waals surface area contributed by atoms with E-state index in [4.69, 9.17) is 21.9 Å². The fourth-order valence-corrected chi connectivity index (χ4v) is 2.72. The first-order valence-electron chi connectivity index (χ1n) is 6.56. The zero-order valence-electron chi connectivity index (χ0n) is 11.5. The molecule has 0 fully saturated rings. The van der Waals surface area contributed by atoms with Gasteiger partial charge in [0.1, 0.15) is 0 Å². The molecule has 4 nitrogen and oxygen atoms in total. The number of nitrogens with zero attached hydrogens (tertiary/aromatic N) is 2. The summed E-state index contributed by atoms with van der Waals surface area (Å²) in [7, 11) is 0. The molecule has 0 amide bonds. The molecule has 0 saturated heterocycles. The first kappa shape index (κ1) is 15.4. The summed E-state index contributed by atoms with van der Waals surface area (Å²) in [4.78, 5) is 5.44. The van der Waals surface area contributed by atoms with Crippen molar-refractivity contribution in [2.75, 3.05) is 0 Å². The molecule has 1 aromatic carbocycles. The molecule has 0 aliphatic rings. The normalized spacial score (nSPS) is 14.2. The van der Waals surface area contributed by atoms with Gasteiger partial charge in [-0.25, -0.2) is 0 Å². The van der Waals surface area contributed by atoms with Crippen LogP contribution in [-0.4, -0.2) is 10.1 Å². The smallest absolute Gasteiger partial charge is 0.243 e. The Hall–Kier alpha value is -1.04. The molecule has 2 aromatic rings. The Balaban J connectivity index is 1.96. The molecule has 1 aromatic heterocycles. The van der Waals surface area contributed by atoms with Crippen LogP contribution in [0.15, 0.2) is 33.7 Å². The fourth-order valence-electron chi connectivity index (χ4n) is 1.66. The van der Waals surface area contributed by atoms with E-state index >= 15 is 0 Å². The van der Waals surface area contributed by atoms with Crippen LogP contribution >= 0.6 is 23.4 Å². The summed E-state index contributed by atoms with van der Waals surface area (Å²) in [5.41, 5.74) is 6.07. The average Bonchev–Trinajstić information content (AvgIpc) is 2.92. The zero-order valence-corrected chi connectivity index (χ0v) is 13.1. The van der Waals surface area contributed by atoms with Gasteiger partial charge in [-0.05, 0) is 24.1 Å². The standard InChI is InChI=1S/C14H18ClN3OS/c1-3-9(2)13(16)14-17-12(18-19-14)8-20-11-6-4-5-10(15)7-11/h4-7,9,13H,3,8,16H2,1-2H3/t9-,13-/m0/s1. The van der Waals surface area contributed by atoms with Gasteiger partial charge in [-0.15, -0.1) is 11.8 Å². The maximum Gasteiger partial charge on any atom is 0.243 e. The Morgan fingerprint density at radius 2 is 2.25 bits per heavy atom. The van der Waals surface area contributed by atoms with E-state index in [0.29, 0.717) is 23.4 Å². The highest BCUT2D eigenvalue weighted by atomic mass is 35.5. The summed E-state index contributed by atoms with van der Waals surface area (Å²) < 4.78 is 5.24. The second-order valence-electron chi connectivity index (χ2n) is 4.71. The van der Waals surface area contributed by atoms with Gasteiger partial charge < -0.3 is 10.3 Å². The first-order valence-corrected chi connectivity index (χ1v) is 7.93. The minimum absolute atomic E-state index is 0.197. The molecule has 0 saturated carbocycles. The molecule has 108 valence electrons. The third-order valence-electron chi connectivity index (χ3n) is 3.19. The summed E-state index contributed by atoms with van der Waals surface area (Å²) >= 11 is 7.56. The minimum Gasteiger partial charge on any atom is -0.338 e. The van der Waals surface area contributed by atoms with Crippen molar-refractivity contribution in [3.63, 3.8) is 0 Å². The molecule has 2 atom stereocenters. The van der Waals surface area contributed by atoms with Gasteiger partial charge in [0.2, 0.25) is 5.89 Å². The van der Waals surface area contributed by atoms with E-state index in [0.717, 1.165) is 16.3 Å². The Kier molecular flexibility index (Phi) is 5.46. The average molecular weight is 312 g/mol. The molecule has 6 heteroatoms. The van der Waals surface area contributed by atoms with E-state index in [1.165, 1.54) is 0 Å². The second-order valence-corrected chi connectivity index (χ2v) is 6.19. The summed E-state index contributed by atoms with van der Waals surface area (Å²) in [5, 5.41) is 4.70. The number of nitrogens with two attached hydrogens (primary N) is 1. The minimum atomic E-state index is -0.197. The van der Waals surface area contributed by atoms with Crippen molar-refractivity contribution in [1.29, 1.82) is 0 Å². The summed E-state index contributed by atoms with van der Waals surface area (Å²) in [5.74, 6) is 2.13. The van der Waals surface area contributed by atoms with E-state index in [2.05, 4.69) is 24.0 Å². The highest BCUT2D eigenvalue weighted by molar-refractivity contribution is 7.98. The number of hydrogen-bond donors (Lipinski definition) is 1. The molecular formula is C14H18ClN3OS. The molecule has 1 heterocycles. The predicted molar refractivity (Wildman–Crippen MR) is 81.7 cm³/mol. The lowest BCUT2D eigenvalue weighted by atomic mass is 10.0. The Morgan fingerprint density at radius 3 is 2.95 bits per heavy atom. The van der Waals surface area contributed by atoms with E-state index in [-0.39, 0.29) is 6.04 Å². The fraction of sp³-hybridized carbons (Fsp3) is 0.429. The van der Waals surface area contributed by atoms with E-state index < -0.39 is 0 Å². The molecule has 0 radical (unpaired) electrons. The van der Waals surface area contributed by atoms with Crippen LogP contribution in [-0.2, 0) is 5.75 Å². The number of rotatable bonds is 6. The Morgan fingerprint density at radius 1 is 1.45 bits per heavy atom. The monoisotopic (exact) mass is 311 g/mol. The summed E-state index contributed by atoms with van der Waals surface area (Å²) in [6.45, 7) is 4.17. The van der Waals surface area contributed by atoms with Crippen molar-refractivity contribution in [2.24, 2.45) is 11.7 Å². The van der Waals surface area contributed by atoms with Gasteiger partial charge in [0.25, 0.3) is 0 Å². The van der Waals surface area contributed by atoms with Crippen molar-refractivity contribution in [3.05, 3.63) is 41.0 Å². The predicted octanol–water partition coefficient (Wildman–Crippen LogP) is 4.06. The van der Waals surface area contributed by atoms with Crippen molar-refractivity contribution in [2.45, 2.75) is 37.0 Å². The lowest BCUT2D eigenvalue weighted by Crippen LogP contribution is -2.18. The highest BCUT2D eigenvalue weighted by Gasteiger charge is 2.19. The number of hydrogen-bond acceptors (Lipinski definition) is 5.